The van der Waals surface area contributed by atoms with E-state index in [4.69, 9.17) is 4.74 Å². The number of rotatable bonds is 7. The van der Waals surface area contributed by atoms with Crippen LogP contribution in [-0.4, -0.2) is 42.9 Å². The average Bonchev–Trinajstić information content (AvgIpc) is 3.23. The maximum absolute atomic E-state index is 12.6. The number of hydrogen-bond acceptors (Lipinski definition) is 4. The van der Waals surface area contributed by atoms with Crippen molar-refractivity contribution in [2.75, 3.05) is 19.4 Å². The monoisotopic (exact) mass is 423 g/mol. The van der Waals surface area contributed by atoms with E-state index in [2.05, 4.69) is 10.6 Å². The SMILES string of the molecule is CN(C)C(=O)Cc1ccc(NC(=O)[C@@H]2CC[C@H](NC(=O)OCc3ccccc3)C2)cc1. The van der Waals surface area contributed by atoms with E-state index >= 15 is 0 Å². The van der Waals surface area contributed by atoms with Crippen LogP contribution < -0.4 is 10.6 Å². The summed E-state index contributed by atoms with van der Waals surface area (Å²) in [5, 5.41) is 5.78. The van der Waals surface area contributed by atoms with E-state index in [1.54, 1.807) is 19.0 Å². The van der Waals surface area contributed by atoms with E-state index < -0.39 is 6.09 Å². The van der Waals surface area contributed by atoms with E-state index in [9.17, 15) is 14.4 Å². The summed E-state index contributed by atoms with van der Waals surface area (Å²) in [6.45, 7) is 0.222. The molecule has 7 heteroatoms. The molecule has 0 spiro atoms. The quantitative estimate of drug-likeness (QED) is 0.715. The molecule has 3 rings (SSSR count). The second-order valence-electron chi connectivity index (χ2n) is 8.06. The number of hydrogen-bond donors (Lipinski definition) is 2. The Morgan fingerprint density at radius 3 is 2.35 bits per heavy atom. The minimum Gasteiger partial charge on any atom is -0.445 e. The summed E-state index contributed by atoms with van der Waals surface area (Å²) in [6.07, 6.45) is 1.91. The number of nitrogens with zero attached hydrogens (tertiary/aromatic N) is 1. The largest absolute Gasteiger partial charge is 0.445 e. The van der Waals surface area contributed by atoms with Gasteiger partial charge in [-0.2, -0.15) is 0 Å². The molecular weight excluding hydrogens is 394 g/mol. The minimum absolute atomic E-state index is 0.0311. The molecule has 1 fully saturated rings. The van der Waals surface area contributed by atoms with Gasteiger partial charge in [0.15, 0.2) is 0 Å². The van der Waals surface area contributed by atoms with Crippen LogP contribution in [0.25, 0.3) is 0 Å². The summed E-state index contributed by atoms with van der Waals surface area (Å²) >= 11 is 0. The normalized spacial score (nSPS) is 17.6. The van der Waals surface area contributed by atoms with Crippen molar-refractivity contribution in [1.29, 1.82) is 0 Å². The third-order valence-corrected chi connectivity index (χ3v) is 5.41. The Kier molecular flexibility index (Phi) is 7.65. The van der Waals surface area contributed by atoms with Crippen molar-refractivity contribution >= 4 is 23.6 Å². The van der Waals surface area contributed by atoms with E-state index in [0.29, 0.717) is 24.9 Å². The van der Waals surface area contributed by atoms with E-state index in [-0.39, 0.29) is 30.4 Å². The number of benzene rings is 2. The standard InChI is InChI=1S/C24H29N3O4/c1-27(2)22(28)14-17-8-11-20(12-9-17)25-23(29)19-10-13-21(15-19)26-24(30)31-16-18-6-4-3-5-7-18/h3-9,11-12,19,21H,10,13-16H2,1-2H3,(H,25,29)(H,26,30)/t19-,21+/m1/s1. The average molecular weight is 424 g/mol. The summed E-state index contributed by atoms with van der Waals surface area (Å²) in [7, 11) is 3.45. The van der Waals surface area contributed by atoms with Crippen molar-refractivity contribution in [3.8, 4) is 0 Å². The molecule has 3 amide bonds. The van der Waals surface area contributed by atoms with Gasteiger partial charge in [0.2, 0.25) is 11.8 Å². The maximum Gasteiger partial charge on any atom is 0.407 e. The number of anilines is 1. The van der Waals surface area contributed by atoms with E-state index in [1.165, 1.54) is 0 Å². The van der Waals surface area contributed by atoms with Gasteiger partial charge in [0.1, 0.15) is 6.61 Å². The molecule has 0 unspecified atom stereocenters. The fraction of sp³-hybridized carbons (Fsp3) is 0.375. The lowest BCUT2D eigenvalue weighted by Gasteiger charge is -2.14. The molecule has 0 aliphatic heterocycles. The van der Waals surface area contributed by atoms with E-state index in [0.717, 1.165) is 17.5 Å². The molecule has 1 saturated carbocycles. The number of likely N-dealkylation sites (N-methyl/N-ethyl adjacent to an activating group) is 1. The van der Waals surface area contributed by atoms with Gasteiger partial charge < -0.3 is 20.3 Å². The van der Waals surface area contributed by atoms with E-state index in [1.807, 2.05) is 54.6 Å². The first-order valence-electron chi connectivity index (χ1n) is 10.5. The van der Waals surface area contributed by atoms with Crippen LogP contribution in [0.5, 0.6) is 0 Å². The number of nitrogens with one attached hydrogen (secondary N) is 2. The lowest BCUT2D eigenvalue weighted by atomic mass is 10.1. The fourth-order valence-electron chi connectivity index (χ4n) is 3.57. The third-order valence-electron chi connectivity index (χ3n) is 5.41. The summed E-state index contributed by atoms with van der Waals surface area (Å²) in [4.78, 5) is 38.0. The Labute approximate surface area is 182 Å². The zero-order valence-electron chi connectivity index (χ0n) is 18.0. The summed E-state index contributed by atoms with van der Waals surface area (Å²) in [5.41, 5.74) is 2.53. The molecule has 2 aromatic carbocycles. The van der Waals surface area contributed by atoms with Crippen LogP contribution in [0, 0.1) is 5.92 Å². The summed E-state index contributed by atoms with van der Waals surface area (Å²) < 4.78 is 5.26. The van der Waals surface area contributed by atoms with Crippen LogP contribution in [0.4, 0.5) is 10.5 Å². The number of amides is 3. The van der Waals surface area contributed by atoms with Crippen LogP contribution in [0.2, 0.25) is 0 Å². The number of ether oxygens (including phenoxy) is 1. The molecule has 164 valence electrons. The Bertz CT molecular complexity index is 897. The molecular formula is C24H29N3O4. The molecule has 0 bridgehead atoms. The van der Waals surface area contributed by atoms with Crippen molar-refractivity contribution in [2.24, 2.45) is 5.92 Å². The second-order valence-corrected chi connectivity index (χ2v) is 8.06. The summed E-state index contributed by atoms with van der Waals surface area (Å²) in [6, 6.07) is 16.7. The highest BCUT2D eigenvalue weighted by Crippen LogP contribution is 2.27. The van der Waals surface area contributed by atoms with Crippen molar-refractivity contribution in [2.45, 2.75) is 38.3 Å². The highest BCUT2D eigenvalue weighted by Gasteiger charge is 2.31. The van der Waals surface area contributed by atoms with Crippen molar-refractivity contribution < 1.29 is 19.1 Å². The van der Waals surface area contributed by atoms with Gasteiger partial charge in [-0.3, -0.25) is 9.59 Å². The van der Waals surface area contributed by atoms with Gasteiger partial charge in [0.25, 0.3) is 0 Å². The number of carbonyl (C=O) groups is 3. The van der Waals surface area contributed by atoms with Crippen molar-refractivity contribution in [3.63, 3.8) is 0 Å². The highest BCUT2D eigenvalue weighted by atomic mass is 16.5. The molecule has 1 aliphatic carbocycles. The molecule has 0 radical (unpaired) electrons. The zero-order chi connectivity index (χ0) is 22.2. The third kappa shape index (κ3) is 6.84. The number of carbonyl (C=O) groups excluding carboxylic acids is 3. The lowest BCUT2D eigenvalue weighted by molar-refractivity contribution is -0.128. The second kappa shape index (κ2) is 10.6. The van der Waals surface area contributed by atoms with Crippen LogP contribution >= 0.6 is 0 Å². The first-order chi connectivity index (χ1) is 14.9. The number of alkyl carbamates (subject to hydrolysis) is 1. The summed E-state index contributed by atoms with van der Waals surface area (Å²) in [5.74, 6) is -0.183. The topological polar surface area (TPSA) is 87.7 Å². The Balaban J connectivity index is 1.41. The molecule has 2 aromatic rings. The first-order valence-corrected chi connectivity index (χ1v) is 10.5. The minimum atomic E-state index is -0.460. The first kappa shape index (κ1) is 22.3. The molecule has 0 aromatic heterocycles. The van der Waals surface area contributed by atoms with Gasteiger partial charge in [-0.1, -0.05) is 42.5 Å². The predicted molar refractivity (Wildman–Crippen MR) is 118 cm³/mol. The maximum atomic E-state index is 12.6. The van der Waals surface area contributed by atoms with Gasteiger partial charge in [-0.05, 0) is 42.5 Å². The van der Waals surface area contributed by atoms with Gasteiger partial charge >= 0.3 is 6.09 Å². The van der Waals surface area contributed by atoms with Crippen LogP contribution in [0.15, 0.2) is 54.6 Å². The van der Waals surface area contributed by atoms with Crippen LogP contribution in [0.3, 0.4) is 0 Å². The molecule has 2 atom stereocenters. The molecule has 2 N–H and O–H groups in total. The Morgan fingerprint density at radius 1 is 0.968 bits per heavy atom. The van der Waals surface area contributed by atoms with Gasteiger partial charge in [0, 0.05) is 31.7 Å². The molecule has 0 saturated heterocycles. The Hall–Kier alpha value is -3.35. The lowest BCUT2D eigenvalue weighted by Crippen LogP contribution is -2.34. The molecule has 1 aliphatic rings. The van der Waals surface area contributed by atoms with Crippen molar-refractivity contribution in [3.05, 3.63) is 65.7 Å². The van der Waals surface area contributed by atoms with Crippen LogP contribution in [-0.2, 0) is 27.4 Å². The zero-order valence-corrected chi connectivity index (χ0v) is 18.0. The van der Waals surface area contributed by atoms with Crippen molar-refractivity contribution in [1.82, 2.24) is 10.2 Å². The van der Waals surface area contributed by atoms with Crippen LogP contribution in [0.1, 0.15) is 30.4 Å². The van der Waals surface area contributed by atoms with Gasteiger partial charge in [-0.15, -0.1) is 0 Å². The smallest absolute Gasteiger partial charge is 0.407 e. The molecule has 31 heavy (non-hydrogen) atoms. The molecule has 7 nitrogen and oxygen atoms in total. The fourth-order valence-corrected chi connectivity index (χ4v) is 3.57. The molecule has 0 heterocycles. The highest BCUT2D eigenvalue weighted by molar-refractivity contribution is 5.93. The van der Waals surface area contributed by atoms with Gasteiger partial charge in [0.05, 0.1) is 6.42 Å². The predicted octanol–water partition coefficient (Wildman–Crippen LogP) is 3.35. The Morgan fingerprint density at radius 2 is 1.68 bits per heavy atom. The van der Waals surface area contributed by atoms with Gasteiger partial charge in [-0.25, -0.2) is 4.79 Å².